The van der Waals surface area contributed by atoms with Crippen LogP contribution in [0.5, 0.6) is 0 Å². The monoisotopic (exact) mass is 354 g/mol. The molecule has 0 aliphatic rings. The number of hydrogen-bond donors (Lipinski definition) is 3. The van der Waals surface area contributed by atoms with Gasteiger partial charge in [-0.3, -0.25) is 19.7 Å². The van der Waals surface area contributed by atoms with Crippen molar-refractivity contribution in [2.75, 3.05) is 5.32 Å². The van der Waals surface area contributed by atoms with Crippen molar-refractivity contribution in [1.29, 1.82) is 0 Å². The van der Waals surface area contributed by atoms with E-state index in [2.05, 4.69) is 25.5 Å². The van der Waals surface area contributed by atoms with Crippen LogP contribution in [0.15, 0.2) is 42.9 Å². The molecule has 9 heteroatoms. The molecular formula is C17H15FN6O2. The van der Waals surface area contributed by atoms with E-state index in [4.69, 9.17) is 5.73 Å². The van der Waals surface area contributed by atoms with Gasteiger partial charge in [0.15, 0.2) is 0 Å². The van der Waals surface area contributed by atoms with Crippen molar-refractivity contribution < 1.29 is 14.0 Å². The minimum absolute atomic E-state index is 0.0907. The summed E-state index contributed by atoms with van der Waals surface area (Å²) in [4.78, 5) is 31.4. The predicted molar refractivity (Wildman–Crippen MR) is 91.5 cm³/mol. The Hall–Kier alpha value is -3.62. The molecule has 0 atom stereocenters. The predicted octanol–water partition coefficient (Wildman–Crippen LogP) is 1.68. The minimum atomic E-state index is -0.719. The van der Waals surface area contributed by atoms with E-state index in [0.29, 0.717) is 17.7 Å². The average Bonchev–Trinajstić information content (AvgIpc) is 3.06. The second kappa shape index (κ2) is 7.51. The lowest BCUT2D eigenvalue weighted by atomic mass is 10.1. The fourth-order valence-electron chi connectivity index (χ4n) is 2.41. The van der Waals surface area contributed by atoms with Crippen LogP contribution in [-0.2, 0) is 11.2 Å². The largest absolute Gasteiger partial charge is 0.365 e. The van der Waals surface area contributed by atoms with Crippen molar-refractivity contribution in [3.8, 4) is 11.3 Å². The molecule has 0 fully saturated rings. The number of carbonyl (C=O) groups excluding carboxylic acids is 2. The fraction of sp³-hybridized carbons (Fsp3) is 0.118. The normalized spacial score (nSPS) is 10.5. The van der Waals surface area contributed by atoms with Crippen LogP contribution in [0.4, 0.5) is 10.2 Å². The number of H-pyrrole nitrogens is 1. The second-order valence-electron chi connectivity index (χ2n) is 5.46. The Labute approximate surface area is 147 Å². The Morgan fingerprint density at radius 2 is 1.96 bits per heavy atom. The molecule has 0 aliphatic heterocycles. The van der Waals surface area contributed by atoms with Crippen molar-refractivity contribution in [3.05, 3.63) is 59.9 Å². The number of nitrogens with zero attached hydrogens (tertiary/aromatic N) is 3. The molecule has 0 radical (unpaired) electrons. The number of halogens is 1. The van der Waals surface area contributed by atoms with Gasteiger partial charge in [-0.05, 0) is 30.2 Å². The van der Waals surface area contributed by atoms with Crippen molar-refractivity contribution in [3.63, 3.8) is 0 Å². The summed E-state index contributed by atoms with van der Waals surface area (Å²) in [6, 6.07) is 6.14. The van der Waals surface area contributed by atoms with Crippen molar-refractivity contribution in [1.82, 2.24) is 20.2 Å². The summed E-state index contributed by atoms with van der Waals surface area (Å²) in [7, 11) is 0. The molecule has 3 aromatic heterocycles. The fourth-order valence-corrected chi connectivity index (χ4v) is 2.41. The summed E-state index contributed by atoms with van der Waals surface area (Å²) >= 11 is 0. The lowest BCUT2D eigenvalue weighted by molar-refractivity contribution is -0.116. The molecular weight excluding hydrogens is 339 g/mol. The van der Waals surface area contributed by atoms with Gasteiger partial charge in [-0.2, -0.15) is 9.49 Å². The van der Waals surface area contributed by atoms with Crippen LogP contribution in [0, 0.1) is 5.95 Å². The molecule has 0 spiro atoms. The van der Waals surface area contributed by atoms with E-state index >= 15 is 0 Å². The third kappa shape index (κ3) is 3.89. The summed E-state index contributed by atoms with van der Waals surface area (Å²) in [6.45, 7) is 0. The molecule has 0 aromatic carbocycles. The molecule has 8 nitrogen and oxygen atoms in total. The van der Waals surface area contributed by atoms with E-state index in [-0.39, 0.29) is 23.7 Å². The summed E-state index contributed by atoms with van der Waals surface area (Å²) < 4.78 is 12.8. The quantitative estimate of drug-likeness (QED) is 0.580. The van der Waals surface area contributed by atoms with Crippen molar-refractivity contribution >= 4 is 17.6 Å². The molecule has 3 rings (SSSR count). The van der Waals surface area contributed by atoms with Crippen LogP contribution in [0.3, 0.4) is 0 Å². The zero-order chi connectivity index (χ0) is 18.5. The lowest BCUT2D eigenvalue weighted by Gasteiger charge is -2.05. The molecule has 2 amide bonds. The third-order valence-electron chi connectivity index (χ3n) is 3.66. The number of rotatable bonds is 6. The standard InChI is InChI=1S/C17H15FN6O2/c18-12-3-1-10(9-21-12)2-4-13(25)22-17-14(16(19)26)15(23-24-17)11-5-7-20-8-6-11/h1,3,5-9H,2,4H2,(H2,19,26)(H2,22,23,24,25). The minimum Gasteiger partial charge on any atom is -0.365 e. The summed E-state index contributed by atoms with van der Waals surface area (Å²) in [5, 5.41) is 9.29. The summed E-state index contributed by atoms with van der Waals surface area (Å²) in [6.07, 6.45) is 4.98. The Morgan fingerprint density at radius 3 is 2.62 bits per heavy atom. The molecule has 3 heterocycles. The van der Waals surface area contributed by atoms with Crippen molar-refractivity contribution in [2.24, 2.45) is 5.73 Å². The molecule has 0 unspecified atom stereocenters. The smallest absolute Gasteiger partial charge is 0.254 e. The van der Waals surface area contributed by atoms with Crippen molar-refractivity contribution in [2.45, 2.75) is 12.8 Å². The van der Waals surface area contributed by atoms with Gasteiger partial charge in [0.05, 0.1) is 0 Å². The number of aromatic nitrogens is 4. The molecule has 0 aliphatic carbocycles. The Balaban J connectivity index is 1.73. The van der Waals surface area contributed by atoms with Crippen LogP contribution >= 0.6 is 0 Å². The molecule has 0 saturated carbocycles. The number of nitrogens with one attached hydrogen (secondary N) is 2. The first-order valence-electron chi connectivity index (χ1n) is 7.73. The maximum atomic E-state index is 12.8. The van der Waals surface area contributed by atoms with Gasteiger partial charge in [0, 0.05) is 30.6 Å². The lowest BCUT2D eigenvalue weighted by Crippen LogP contribution is -2.18. The van der Waals surface area contributed by atoms with E-state index in [1.54, 1.807) is 30.6 Å². The molecule has 26 heavy (non-hydrogen) atoms. The number of aryl methyl sites for hydroxylation is 1. The second-order valence-corrected chi connectivity index (χ2v) is 5.46. The van der Waals surface area contributed by atoms with Gasteiger partial charge in [-0.25, -0.2) is 4.98 Å². The molecule has 0 saturated heterocycles. The number of primary amides is 1. The number of pyridine rings is 2. The maximum absolute atomic E-state index is 12.8. The first-order valence-corrected chi connectivity index (χ1v) is 7.73. The number of amides is 2. The van der Waals surface area contributed by atoms with Crippen LogP contribution in [-0.4, -0.2) is 32.0 Å². The highest BCUT2D eigenvalue weighted by molar-refractivity contribution is 6.06. The highest BCUT2D eigenvalue weighted by Gasteiger charge is 2.21. The van der Waals surface area contributed by atoms with Gasteiger partial charge in [0.1, 0.15) is 17.1 Å². The van der Waals surface area contributed by atoms with Gasteiger partial charge in [0.2, 0.25) is 11.9 Å². The number of aromatic amines is 1. The summed E-state index contributed by atoms with van der Waals surface area (Å²) in [5.74, 6) is -1.51. The van der Waals surface area contributed by atoms with E-state index in [1.165, 1.54) is 12.3 Å². The van der Waals surface area contributed by atoms with Gasteiger partial charge in [-0.1, -0.05) is 6.07 Å². The number of hydrogen-bond acceptors (Lipinski definition) is 5. The summed E-state index contributed by atoms with van der Waals surface area (Å²) in [5.41, 5.74) is 7.23. The Kier molecular flexibility index (Phi) is 4.97. The highest BCUT2D eigenvalue weighted by Crippen LogP contribution is 2.26. The Morgan fingerprint density at radius 1 is 1.19 bits per heavy atom. The Bertz CT molecular complexity index is 924. The van der Waals surface area contributed by atoms with Gasteiger partial charge < -0.3 is 11.1 Å². The van der Waals surface area contributed by atoms with Gasteiger partial charge >= 0.3 is 0 Å². The maximum Gasteiger partial charge on any atom is 0.254 e. The van der Waals surface area contributed by atoms with Crippen LogP contribution in [0.1, 0.15) is 22.3 Å². The van der Waals surface area contributed by atoms with Crippen LogP contribution in [0.2, 0.25) is 0 Å². The molecule has 3 aromatic rings. The van der Waals surface area contributed by atoms with Crippen LogP contribution < -0.4 is 11.1 Å². The van der Waals surface area contributed by atoms with E-state index < -0.39 is 11.9 Å². The number of carbonyl (C=O) groups is 2. The first-order chi connectivity index (χ1) is 12.5. The third-order valence-corrected chi connectivity index (χ3v) is 3.66. The van der Waals surface area contributed by atoms with E-state index in [1.807, 2.05) is 0 Å². The first kappa shape index (κ1) is 17.2. The SMILES string of the molecule is NC(=O)c1c(-c2ccncc2)n[nH]c1NC(=O)CCc1ccc(F)nc1. The molecule has 132 valence electrons. The molecule has 4 N–H and O–H groups in total. The van der Waals surface area contributed by atoms with Gasteiger partial charge in [0.25, 0.3) is 5.91 Å². The van der Waals surface area contributed by atoms with E-state index in [0.717, 1.165) is 5.56 Å². The zero-order valence-corrected chi connectivity index (χ0v) is 13.6. The number of anilines is 1. The highest BCUT2D eigenvalue weighted by atomic mass is 19.1. The van der Waals surface area contributed by atoms with Gasteiger partial charge in [-0.15, -0.1) is 0 Å². The molecule has 0 bridgehead atoms. The number of nitrogens with two attached hydrogens (primary N) is 1. The topological polar surface area (TPSA) is 127 Å². The zero-order valence-electron chi connectivity index (χ0n) is 13.6. The van der Waals surface area contributed by atoms with E-state index in [9.17, 15) is 14.0 Å². The van der Waals surface area contributed by atoms with Crippen LogP contribution in [0.25, 0.3) is 11.3 Å². The average molecular weight is 354 g/mol.